The molecule has 3 aromatic rings. The third kappa shape index (κ3) is 6.91. The maximum atomic E-state index is 12.4. The van der Waals surface area contributed by atoms with E-state index in [0.717, 1.165) is 5.56 Å². The van der Waals surface area contributed by atoms with Crippen LogP contribution in [0.15, 0.2) is 76.9 Å². The van der Waals surface area contributed by atoms with Crippen LogP contribution in [-0.4, -0.2) is 38.5 Å². The van der Waals surface area contributed by atoms with Crippen LogP contribution >= 0.6 is 0 Å². The molecule has 0 aliphatic rings. The topological polar surface area (TPSA) is 177 Å². The number of rotatable bonds is 10. The highest BCUT2D eigenvalue weighted by Gasteiger charge is 2.17. The van der Waals surface area contributed by atoms with Gasteiger partial charge < -0.3 is 5.32 Å². The second-order valence-corrected chi connectivity index (χ2v) is 8.51. The second kappa shape index (κ2) is 11.8. The fourth-order valence-corrected chi connectivity index (χ4v) is 3.63. The molecule has 1 heterocycles. The molecule has 1 aromatic heterocycles. The first-order valence-corrected chi connectivity index (χ1v) is 11.6. The third-order valence-corrected chi connectivity index (χ3v) is 5.79. The molecule has 0 saturated carbocycles. The van der Waals surface area contributed by atoms with Crippen LogP contribution in [0.5, 0.6) is 0 Å². The molecule has 6 N–H and O–H groups in total. The van der Waals surface area contributed by atoms with Crippen LogP contribution in [0.1, 0.15) is 31.8 Å². The molecule has 0 aliphatic heterocycles. The van der Waals surface area contributed by atoms with Gasteiger partial charge in [0.2, 0.25) is 0 Å². The lowest BCUT2D eigenvalue weighted by Gasteiger charge is -2.07. The van der Waals surface area contributed by atoms with Gasteiger partial charge in [0.25, 0.3) is 11.8 Å². The molecule has 0 fully saturated rings. The second-order valence-electron chi connectivity index (χ2n) is 6.97. The third-order valence-electron chi connectivity index (χ3n) is 4.63. The number of aromatic nitrogens is 1. The van der Waals surface area contributed by atoms with Gasteiger partial charge in [0, 0.05) is 30.9 Å². The zero-order chi connectivity index (χ0) is 25.3. The first-order chi connectivity index (χ1) is 16.8. The number of pyridine rings is 1. The van der Waals surface area contributed by atoms with E-state index >= 15 is 0 Å². The van der Waals surface area contributed by atoms with Crippen LogP contribution in [0, 0.1) is 0 Å². The molecule has 0 radical (unpaired) electrons. The number of carbonyl (C=O) groups is 2. The minimum Gasteiger partial charge on any atom is -0.348 e. The predicted octanol–water partition coefficient (Wildman–Crippen LogP) is 0.901. The minimum atomic E-state index is -4.09. The summed E-state index contributed by atoms with van der Waals surface area (Å²) in [5.41, 5.74) is 9.61. The summed E-state index contributed by atoms with van der Waals surface area (Å²) in [6.45, 7) is 0.270. The van der Waals surface area contributed by atoms with Crippen molar-refractivity contribution in [2.75, 3.05) is 12.5 Å². The van der Waals surface area contributed by atoms with Crippen LogP contribution in [-0.2, 0) is 20.9 Å². The molecule has 2 aromatic carbocycles. The van der Waals surface area contributed by atoms with E-state index in [9.17, 15) is 18.0 Å². The lowest BCUT2D eigenvalue weighted by molar-refractivity contribution is 0.0933. The maximum absolute atomic E-state index is 12.4. The molecule has 13 heteroatoms. The first kappa shape index (κ1) is 25.5. The molecule has 182 valence electrons. The van der Waals surface area contributed by atoms with Gasteiger partial charge in [-0.3, -0.25) is 20.4 Å². The largest absolute Gasteiger partial charge is 0.348 e. The van der Waals surface area contributed by atoms with Gasteiger partial charge in [0.05, 0.1) is 11.8 Å². The van der Waals surface area contributed by atoms with Crippen molar-refractivity contribution in [1.82, 2.24) is 21.2 Å². The molecule has 3 rings (SSSR count). The van der Waals surface area contributed by atoms with E-state index in [1.165, 1.54) is 30.6 Å². The van der Waals surface area contributed by atoms with E-state index in [-0.39, 0.29) is 28.8 Å². The van der Waals surface area contributed by atoms with Crippen molar-refractivity contribution in [2.24, 2.45) is 11.0 Å². The van der Waals surface area contributed by atoms with Gasteiger partial charge in [-0.2, -0.15) is 23.7 Å². The summed E-state index contributed by atoms with van der Waals surface area (Å²) in [6, 6.07) is 16.0. The number of nitrogens with zero attached hydrogens (tertiary/aromatic N) is 2. The monoisotopic (exact) mass is 497 g/mol. The molecule has 0 bridgehead atoms. The quantitative estimate of drug-likeness (QED) is 0.201. The molecule has 2 amide bonds. The van der Waals surface area contributed by atoms with Crippen molar-refractivity contribution < 1.29 is 22.3 Å². The van der Waals surface area contributed by atoms with Crippen molar-refractivity contribution in [1.29, 1.82) is 0 Å². The molecular weight excluding hydrogens is 474 g/mol. The van der Waals surface area contributed by atoms with Crippen LogP contribution in [0.3, 0.4) is 0 Å². The Hall–Kier alpha value is -4.17. The molecular formula is C22H23N7O5S. The summed E-state index contributed by atoms with van der Waals surface area (Å²) in [7, 11) is -2.50. The summed E-state index contributed by atoms with van der Waals surface area (Å²) >= 11 is 0. The highest BCUT2D eigenvalue weighted by atomic mass is 32.2. The standard InChI is InChI=1S/C22H23N7O5S/c1-24-29-22(31)16-8-6-15(7-9-16)12-26-21(30)18-10-11-20(25-13-18)28-27-14-17-4-2-3-5-19(17)35(32,33)34-23/h2-11,13-14,24H,12,23H2,1H3,(H,25,28)(H,26,30)(H,29,31)/b27-14-. The van der Waals surface area contributed by atoms with Crippen LogP contribution in [0.4, 0.5) is 5.82 Å². The summed E-state index contributed by atoms with van der Waals surface area (Å²) < 4.78 is 27.8. The van der Waals surface area contributed by atoms with Gasteiger partial charge in [-0.05, 0) is 35.9 Å². The molecule has 0 unspecified atom stereocenters. The molecule has 12 nitrogen and oxygen atoms in total. The Morgan fingerprint density at radius 2 is 1.74 bits per heavy atom. The van der Waals surface area contributed by atoms with Gasteiger partial charge in [0.15, 0.2) is 0 Å². The Labute approximate surface area is 201 Å². The predicted molar refractivity (Wildman–Crippen MR) is 128 cm³/mol. The van der Waals surface area contributed by atoms with E-state index in [4.69, 9.17) is 5.90 Å². The Morgan fingerprint density at radius 3 is 2.40 bits per heavy atom. The van der Waals surface area contributed by atoms with Crippen molar-refractivity contribution >= 4 is 34.0 Å². The van der Waals surface area contributed by atoms with Crippen molar-refractivity contribution in [3.63, 3.8) is 0 Å². The lowest BCUT2D eigenvalue weighted by Crippen LogP contribution is -2.34. The number of hydrogen-bond donors (Lipinski definition) is 5. The molecule has 0 saturated heterocycles. The molecule has 0 spiro atoms. The Morgan fingerprint density at radius 1 is 1.03 bits per heavy atom. The van der Waals surface area contributed by atoms with Gasteiger partial charge in [-0.25, -0.2) is 10.4 Å². The van der Waals surface area contributed by atoms with Crippen molar-refractivity contribution in [2.45, 2.75) is 11.4 Å². The van der Waals surface area contributed by atoms with E-state index in [1.54, 1.807) is 49.5 Å². The van der Waals surface area contributed by atoms with E-state index in [0.29, 0.717) is 16.9 Å². The van der Waals surface area contributed by atoms with Crippen LogP contribution < -0.4 is 27.5 Å². The summed E-state index contributed by atoms with van der Waals surface area (Å²) in [5.74, 6) is 4.59. The van der Waals surface area contributed by atoms with Crippen molar-refractivity contribution in [3.8, 4) is 0 Å². The number of benzene rings is 2. The number of amides is 2. The van der Waals surface area contributed by atoms with Crippen molar-refractivity contribution in [3.05, 3.63) is 89.1 Å². The SMILES string of the molecule is CNNC(=O)c1ccc(CNC(=O)c2ccc(N/N=C\c3ccccc3S(=O)(=O)ON)nc2)cc1. The van der Waals surface area contributed by atoms with Gasteiger partial charge >= 0.3 is 10.1 Å². The van der Waals surface area contributed by atoms with Gasteiger partial charge in [-0.1, -0.05) is 30.3 Å². The average Bonchev–Trinajstić information content (AvgIpc) is 2.88. The van der Waals surface area contributed by atoms with E-state index < -0.39 is 10.1 Å². The van der Waals surface area contributed by atoms with Crippen LogP contribution in [0.2, 0.25) is 0 Å². The highest BCUT2D eigenvalue weighted by Crippen LogP contribution is 2.15. The minimum absolute atomic E-state index is 0.135. The number of hydrogen-bond acceptors (Lipinski definition) is 10. The zero-order valence-corrected chi connectivity index (χ0v) is 19.4. The lowest BCUT2D eigenvalue weighted by atomic mass is 10.1. The van der Waals surface area contributed by atoms with Gasteiger partial charge in [-0.15, -0.1) is 0 Å². The smallest absolute Gasteiger partial charge is 0.313 e. The first-order valence-electron chi connectivity index (χ1n) is 10.2. The van der Waals surface area contributed by atoms with Gasteiger partial charge in [0.1, 0.15) is 10.7 Å². The normalized spacial score (nSPS) is 11.3. The van der Waals surface area contributed by atoms with Crippen LogP contribution in [0.25, 0.3) is 0 Å². The van der Waals surface area contributed by atoms with E-state index in [2.05, 4.69) is 36.0 Å². The Kier molecular flexibility index (Phi) is 8.58. The number of anilines is 1. The number of carbonyl (C=O) groups excluding carboxylic acids is 2. The molecule has 0 aliphatic carbocycles. The zero-order valence-electron chi connectivity index (χ0n) is 18.6. The highest BCUT2D eigenvalue weighted by molar-refractivity contribution is 7.86. The molecule has 35 heavy (non-hydrogen) atoms. The number of hydrazone groups is 1. The maximum Gasteiger partial charge on any atom is 0.313 e. The molecule has 0 atom stereocenters. The Bertz CT molecular complexity index is 1310. The summed E-state index contributed by atoms with van der Waals surface area (Å²) in [5, 5.41) is 6.75. The number of nitrogens with two attached hydrogens (primary N) is 1. The van der Waals surface area contributed by atoms with E-state index in [1.807, 2.05) is 0 Å². The summed E-state index contributed by atoms with van der Waals surface area (Å²) in [6.07, 6.45) is 2.65. The average molecular weight is 498 g/mol. The number of hydrazine groups is 1. The number of nitrogens with one attached hydrogen (secondary N) is 4. The fourth-order valence-electron chi connectivity index (χ4n) is 2.87. The Balaban J connectivity index is 1.56. The fraction of sp³-hybridized carbons (Fsp3) is 0.0909. The summed E-state index contributed by atoms with van der Waals surface area (Å²) in [4.78, 5) is 28.1.